The monoisotopic (exact) mass is 460 g/mol. The molecule has 0 bridgehead atoms. The molecule has 1 amide bonds. The lowest BCUT2D eigenvalue weighted by atomic mass is 9.97. The summed E-state index contributed by atoms with van der Waals surface area (Å²) in [7, 11) is 1.63. The van der Waals surface area contributed by atoms with Gasteiger partial charge in [0.15, 0.2) is 5.76 Å². The number of ether oxygens (including phenoxy) is 1. The molecule has 1 heterocycles. The smallest absolute Gasteiger partial charge is 0.252 e. The van der Waals surface area contributed by atoms with Crippen molar-refractivity contribution >= 4 is 5.91 Å². The van der Waals surface area contributed by atoms with E-state index in [-0.39, 0.29) is 11.9 Å². The molecule has 0 saturated carbocycles. The quantitative estimate of drug-likeness (QED) is 0.300. The van der Waals surface area contributed by atoms with Crippen LogP contribution in [0.4, 0.5) is 0 Å². The van der Waals surface area contributed by atoms with Crippen LogP contribution in [0, 0.1) is 0 Å². The fourth-order valence-electron chi connectivity index (χ4n) is 4.01. The molecule has 0 atom stereocenters. The van der Waals surface area contributed by atoms with Gasteiger partial charge in [0.1, 0.15) is 5.75 Å². The minimum atomic E-state index is -0.294. The molecule has 172 valence electrons. The molecule has 0 saturated heterocycles. The second-order valence-electron chi connectivity index (χ2n) is 8.03. The number of methoxy groups -OCH3 is 1. The van der Waals surface area contributed by atoms with Crippen molar-refractivity contribution in [2.75, 3.05) is 7.11 Å². The Kier molecular flexibility index (Phi) is 6.39. The number of carbonyl (C=O) groups excluding carboxylic acids is 1. The molecule has 1 N–H and O–H groups in total. The molecule has 35 heavy (non-hydrogen) atoms. The van der Waals surface area contributed by atoms with Crippen molar-refractivity contribution < 1.29 is 13.9 Å². The lowest BCUT2D eigenvalue weighted by molar-refractivity contribution is 0.0943. The van der Waals surface area contributed by atoms with Crippen molar-refractivity contribution in [3.05, 3.63) is 132 Å². The molecule has 0 radical (unpaired) electrons. The largest absolute Gasteiger partial charge is 0.497 e. The second kappa shape index (κ2) is 10.1. The molecule has 0 aliphatic carbocycles. The second-order valence-corrected chi connectivity index (χ2v) is 8.03. The summed E-state index contributed by atoms with van der Waals surface area (Å²) < 4.78 is 11.3. The molecule has 0 spiro atoms. The Morgan fingerprint density at radius 1 is 0.800 bits per heavy atom. The van der Waals surface area contributed by atoms with Crippen molar-refractivity contribution in [2.24, 2.45) is 0 Å². The lowest BCUT2D eigenvalue weighted by Gasteiger charge is -2.20. The van der Waals surface area contributed by atoms with Crippen LogP contribution in [0.5, 0.6) is 5.75 Å². The van der Waals surface area contributed by atoms with Crippen LogP contribution >= 0.6 is 0 Å². The third kappa shape index (κ3) is 4.84. The fraction of sp³-hybridized carbons (Fsp3) is 0.0667. The molecule has 5 rings (SSSR count). The molecule has 0 fully saturated rings. The fourth-order valence-corrected chi connectivity index (χ4v) is 4.01. The number of aromatic nitrogens is 1. The van der Waals surface area contributed by atoms with Crippen LogP contribution in [0.25, 0.3) is 22.8 Å². The van der Waals surface area contributed by atoms with Crippen molar-refractivity contribution in [3.8, 4) is 28.5 Å². The summed E-state index contributed by atoms with van der Waals surface area (Å²) in [5.74, 6) is 1.56. The average Bonchev–Trinajstić information content (AvgIpc) is 3.43. The van der Waals surface area contributed by atoms with Gasteiger partial charge in [0, 0.05) is 11.1 Å². The number of rotatable bonds is 7. The van der Waals surface area contributed by atoms with Gasteiger partial charge in [0.25, 0.3) is 5.91 Å². The van der Waals surface area contributed by atoms with Crippen molar-refractivity contribution in [3.63, 3.8) is 0 Å². The summed E-state index contributed by atoms with van der Waals surface area (Å²) in [6, 6.07) is 34.5. The molecule has 1 aromatic heterocycles. The van der Waals surface area contributed by atoms with Gasteiger partial charge in [-0.15, -0.1) is 0 Å². The van der Waals surface area contributed by atoms with Crippen molar-refractivity contribution in [2.45, 2.75) is 6.04 Å². The first-order chi connectivity index (χ1) is 17.2. The van der Waals surface area contributed by atoms with E-state index >= 15 is 0 Å². The van der Waals surface area contributed by atoms with E-state index in [1.807, 2.05) is 103 Å². The normalized spacial score (nSPS) is 10.8. The number of hydrogen-bond acceptors (Lipinski definition) is 4. The third-order valence-electron chi connectivity index (χ3n) is 5.82. The van der Waals surface area contributed by atoms with E-state index in [2.05, 4.69) is 10.3 Å². The molecule has 4 aromatic carbocycles. The first-order valence-electron chi connectivity index (χ1n) is 11.3. The van der Waals surface area contributed by atoms with Crippen molar-refractivity contribution in [1.82, 2.24) is 10.3 Å². The van der Waals surface area contributed by atoms with E-state index in [0.29, 0.717) is 22.8 Å². The van der Waals surface area contributed by atoms with Crippen LogP contribution < -0.4 is 10.1 Å². The van der Waals surface area contributed by atoms with E-state index in [0.717, 1.165) is 22.4 Å². The Balaban J connectivity index is 1.46. The standard InChI is InChI=1S/C30H24N2O3/c1-34-24-18-16-21(17-19-24)27-20-31-30(35-27)26-15-9-8-14-25(26)29(33)32-28(22-10-4-2-5-11-22)23-12-6-3-7-13-23/h2-20,28H,1H3,(H,32,33). The number of nitrogens with zero attached hydrogens (tertiary/aromatic N) is 1. The summed E-state index contributed by atoms with van der Waals surface area (Å²) in [6.45, 7) is 0. The van der Waals surface area contributed by atoms with Gasteiger partial charge in [-0.25, -0.2) is 4.98 Å². The van der Waals surface area contributed by atoms with Gasteiger partial charge in [0.05, 0.1) is 24.9 Å². The molecule has 5 aromatic rings. The van der Waals surface area contributed by atoms with Crippen LogP contribution in [-0.2, 0) is 0 Å². The minimum absolute atomic E-state index is 0.206. The molecular formula is C30H24N2O3. The van der Waals surface area contributed by atoms with Gasteiger partial charge in [0.2, 0.25) is 5.89 Å². The summed E-state index contributed by atoms with van der Waals surface area (Å²) in [5, 5.41) is 3.20. The van der Waals surface area contributed by atoms with Crippen LogP contribution in [0.2, 0.25) is 0 Å². The highest BCUT2D eigenvalue weighted by Gasteiger charge is 2.21. The maximum absolute atomic E-state index is 13.5. The first kappa shape index (κ1) is 22.2. The summed E-state index contributed by atoms with van der Waals surface area (Å²) in [5.41, 5.74) is 4.00. The van der Waals surface area contributed by atoms with E-state index < -0.39 is 0 Å². The van der Waals surface area contributed by atoms with Gasteiger partial charge in [-0.2, -0.15) is 0 Å². The molecular weight excluding hydrogens is 436 g/mol. The van der Waals surface area contributed by atoms with Crippen LogP contribution in [0.1, 0.15) is 27.5 Å². The van der Waals surface area contributed by atoms with Gasteiger partial charge >= 0.3 is 0 Å². The van der Waals surface area contributed by atoms with Gasteiger partial charge in [-0.05, 0) is 47.5 Å². The van der Waals surface area contributed by atoms with Crippen LogP contribution in [-0.4, -0.2) is 18.0 Å². The zero-order valence-electron chi connectivity index (χ0n) is 19.2. The molecule has 0 aliphatic rings. The molecule has 5 nitrogen and oxygen atoms in total. The number of oxazole rings is 1. The zero-order valence-corrected chi connectivity index (χ0v) is 19.2. The van der Waals surface area contributed by atoms with Gasteiger partial charge in [-0.1, -0.05) is 72.8 Å². The van der Waals surface area contributed by atoms with E-state index in [9.17, 15) is 4.79 Å². The summed E-state index contributed by atoms with van der Waals surface area (Å²) in [4.78, 5) is 18.0. The minimum Gasteiger partial charge on any atom is -0.497 e. The Labute approximate surface area is 204 Å². The molecule has 5 heteroatoms. The van der Waals surface area contributed by atoms with E-state index in [1.165, 1.54) is 0 Å². The molecule has 0 aliphatic heterocycles. The number of amides is 1. The van der Waals surface area contributed by atoms with Crippen LogP contribution in [0.3, 0.4) is 0 Å². The van der Waals surface area contributed by atoms with Gasteiger partial charge < -0.3 is 14.5 Å². The maximum atomic E-state index is 13.5. The number of nitrogens with one attached hydrogen (secondary N) is 1. The lowest BCUT2D eigenvalue weighted by Crippen LogP contribution is -2.29. The first-order valence-corrected chi connectivity index (χ1v) is 11.3. The van der Waals surface area contributed by atoms with Crippen LogP contribution in [0.15, 0.2) is 120 Å². The highest BCUT2D eigenvalue weighted by molar-refractivity contribution is 6.00. The predicted octanol–water partition coefficient (Wildman–Crippen LogP) is 6.54. The van der Waals surface area contributed by atoms with E-state index in [1.54, 1.807) is 19.4 Å². The average molecular weight is 461 g/mol. The topological polar surface area (TPSA) is 64.4 Å². The number of carbonyl (C=O) groups is 1. The molecule has 0 unspecified atom stereocenters. The van der Waals surface area contributed by atoms with Crippen molar-refractivity contribution in [1.29, 1.82) is 0 Å². The highest BCUT2D eigenvalue weighted by Crippen LogP contribution is 2.30. The Bertz CT molecular complexity index is 1370. The Morgan fingerprint density at radius 3 is 2.03 bits per heavy atom. The summed E-state index contributed by atoms with van der Waals surface area (Å²) in [6.07, 6.45) is 1.67. The number of benzene rings is 4. The highest BCUT2D eigenvalue weighted by atomic mass is 16.5. The Morgan fingerprint density at radius 2 is 1.40 bits per heavy atom. The Hall–Kier alpha value is -4.64. The van der Waals surface area contributed by atoms with E-state index in [4.69, 9.17) is 9.15 Å². The zero-order chi connectivity index (χ0) is 24.0. The van der Waals surface area contributed by atoms with Gasteiger partial charge in [-0.3, -0.25) is 4.79 Å². The number of hydrogen-bond donors (Lipinski definition) is 1. The third-order valence-corrected chi connectivity index (χ3v) is 5.82. The SMILES string of the molecule is COc1ccc(-c2cnc(-c3ccccc3C(=O)NC(c3ccccc3)c3ccccc3)o2)cc1. The maximum Gasteiger partial charge on any atom is 0.252 e. The summed E-state index contributed by atoms with van der Waals surface area (Å²) >= 11 is 0. The predicted molar refractivity (Wildman–Crippen MR) is 136 cm³/mol.